The fourth-order valence-corrected chi connectivity index (χ4v) is 7.51. The molecule has 0 N–H and O–H groups in total. The molecule has 5 aromatic carbocycles. The molecule has 0 heterocycles. The van der Waals surface area contributed by atoms with E-state index < -0.39 is 0 Å². The highest BCUT2D eigenvalue weighted by Crippen LogP contribution is 2.55. The average molecular weight is 651 g/mol. The summed E-state index contributed by atoms with van der Waals surface area (Å²) in [6, 6.07) is 44.3. The molecule has 0 fully saturated rings. The van der Waals surface area contributed by atoms with E-state index in [1.807, 2.05) is 6.07 Å². The standard InChI is InChI=1S/C33H43N.C14H15N/c1-5-7-9-13-23-33(24-14-10-8-6-2)31-16-12-11-15-29(31)30-22-21-28(25-32(30)33)34(4)27-19-17-26(3)18-20-27;1-12-8-10-14(11-9-12)15(2)13-6-4-3-5-7-13/h11-12,15-22,25H,5-10,13-14,23-24H2,1-4H3;3-11H,1-2H3. The van der Waals surface area contributed by atoms with E-state index in [-0.39, 0.29) is 5.41 Å². The SMILES string of the molecule is CCCCCCC1(CCCCCC)c2ccccc2-c2ccc(N(C)c3ccc(C)cc3)cc21.Cc1ccc(N(C)c2ccccc2)cc1. The number of hydrogen-bond donors (Lipinski definition) is 0. The van der Waals surface area contributed by atoms with Crippen LogP contribution in [-0.2, 0) is 5.41 Å². The number of anilines is 4. The molecule has 1 aliphatic carbocycles. The lowest BCUT2D eigenvalue weighted by molar-refractivity contribution is 0.401. The topological polar surface area (TPSA) is 6.48 Å². The van der Waals surface area contributed by atoms with E-state index in [0.717, 1.165) is 0 Å². The van der Waals surface area contributed by atoms with Gasteiger partial charge in [-0.3, -0.25) is 0 Å². The Bertz CT molecular complexity index is 1710. The predicted octanol–water partition coefficient (Wildman–Crippen LogP) is 13.7. The van der Waals surface area contributed by atoms with Crippen LogP contribution in [0.3, 0.4) is 0 Å². The van der Waals surface area contributed by atoms with Crippen molar-refractivity contribution in [3.8, 4) is 11.1 Å². The number of benzene rings is 5. The van der Waals surface area contributed by atoms with Gasteiger partial charge in [-0.15, -0.1) is 0 Å². The van der Waals surface area contributed by atoms with Gasteiger partial charge in [0.15, 0.2) is 0 Å². The molecule has 0 saturated carbocycles. The molecule has 2 nitrogen and oxygen atoms in total. The molecule has 2 heteroatoms. The zero-order valence-corrected chi connectivity index (χ0v) is 31.0. The van der Waals surface area contributed by atoms with Crippen molar-refractivity contribution >= 4 is 22.7 Å². The third-order valence-electron chi connectivity index (χ3n) is 10.5. The Labute approximate surface area is 297 Å². The van der Waals surface area contributed by atoms with Crippen molar-refractivity contribution in [3.63, 3.8) is 0 Å². The third-order valence-corrected chi connectivity index (χ3v) is 10.5. The van der Waals surface area contributed by atoms with Crippen LogP contribution in [0.2, 0.25) is 0 Å². The van der Waals surface area contributed by atoms with E-state index >= 15 is 0 Å². The molecule has 5 aromatic rings. The van der Waals surface area contributed by atoms with Crippen LogP contribution in [0.5, 0.6) is 0 Å². The number of nitrogens with zero attached hydrogens (tertiary/aromatic N) is 2. The van der Waals surface area contributed by atoms with Gasteiger partial charge in [-0.25, -0.2) is 0 Å². The maximum atomic E-state index is 2.52. The zero-order chi connectivity index (χ0) is 34.6. The summed E-state index contributed by atoms with van der Waals surface area (Å²) in [7, 11) is 4.29. The Kier molecular flexibility index (Phi) is 12.8. The van der Waals surface area contributed by atoms with Crippen molar-refractivity contribution in [1.82, 2.24) is 0 Å². The number of rotatable bonds is 14. The van der Waals surface area contributed by atoms with E-state index in [0.29, 0.717) is 0 Å². The lowest BCUT2D eigenvalue weighted by Crippen LogP contribution is -2.26. The monoisotopic (exact) mass is 650 g/mol. The van der Waals surface area contributed by atoms with E-state index in [1.54, 1.807) is 11.1 Å². The van der Waals surface area contributed by atoms with Gasteiger partial charge < -0.3 is 9.80 Å². The van der Waals surface area contributed by atoms with Gasteiger partial charge >= 0.3 is 0 Å². The third kappa shape index (κ3) is 8.66. The lowest BCUT2D eigenvalue weighted by atomic mass is 9.70. The van der Waals surface area contributed by atoms with Crippen LogP contribution in [0, 0.1) is 13.8 Å². The maximum Gasteiger partial charge on any atom is 0.0411 e. The fourth-order valence-electron chi connectivity index (χ4n) is 7.51. The Morgan fingerprint density at radius 2 is 0.878 bits per heavy atom. The van der Waals surface area contributed by atoms with Crippen molar-refractivity contribution in [3.05, 3.63) is 144 Å². The fraction of sp³-hybridized carbons (Fsp3) is 0.362. The van der Waals surface area contributed by atoms with Gasteiger partial charge in [0.2, 0.25) is 0 Å². The molecule has 0 saturated heterocycles. The number of hydrogen-bond acceptors (Lipinski definition) is 2. The summed E-state index contributed by atoms with van der Waals surface area (Å²) in [5.74, 6) is 0. The minimum absolute atomic E-state index is 0.150. The van der Waals surface area contributed by atoms with Crippen LogP contribution < -0.4 is 9.80 Å². The van der Waals surface area contributed by atoms with Gasteiger partial charge in [0.25, 0.3) is 0 Å². The molecule has 0 spiro atoms. The predicted molar refractivity (Wildman–Crippen MR) is 215 cm³/mol. The highest BCUT2D eigenvalue weighted by atomic mass is 15.1. The zero-order valence-electron chi connectivity index (χ0n) is 31.0. The first kappa shape index (κ1) is 36.0. The van der Waals surface area contributed by atoms with Crippen molar-refractivity contribution in [2.75, 3.05) is 23.9 Å². The summed E-state index contributed by atoms with van der Waals surface area (Å²) in [4.78, 5) is 4.53. The van der Waals surface area contributed by atoms with Gasteiger partial charge in [0, 0.05) is 42.3 Å². The summed E-state index contributed by atoms with van der Waals surface area (Å²) in [6.07, 6.45) is 13.1. The Morgan fingerprint density at radius 1 is 0.429 bits per heavy atom. The number of para-hydroxylation sites is 1. The highest BCUT2D eigenvalue weighted by molar-refractivity contribution is 5.83. The second-order valence-corrected chi connectivity index (χ2v) is 14.1. The Balaban J connectivity index is 0.000000259. The molecule has 0 aromatic heterocycles. The molecule has 0 unspecified atom stereocenters. The normalized spacial score (nSPS) is 12.4. The van der Waals surface area contributed by atoms with Crippen molar-refractivity contribution in [1.29, 1.82) is 0 Å². The number of unbranched alkanes of at least 4 members (excludes halogenated alkanes) is 6. The molecule has 256 valence electrons. The Morgan fingerprint density at radius 3 is 1.43 bits per heavy atom. The van der Waals surface area contributed by atoms with Gasteiger partial charge in [-0.2, -0.15) is 0 Å². The summed E-state index contributed by atoms with van der Waals surface area (Å²) in [6.45, 7) is 8.88. The van der Waals surface area contributed by atoms with Crippen LogP contribution >= 0.6 is 0 Å². The molecule has 0 amide bonds. The van der Waals surface area contributed by atoms with E-state index in [2.05, 4.69) is 167 Å². The number of fused-ring (bicyclic) bond motifs is 3. The molecule has 1 aliphatic rings. The molecule has 0 atom stereocenters. The van der Waals surface area contributed by atoms with Gasteiger partial charge in [0.05, 0.1) is 0 Å². The van der Waals surface area contributed by atoms with Crippen molar-refractivity contribution < 1.29 is 0 Å². The molecule has 0 radical (unpaired) electrons. The second-order valence-electron chi connectivity index (χ2n) is 14.1. The Hall–Kier alpha value is -4.30. The number of aryl methyl sites for hydroxylation is 2. The quantitative estimate of drug-likeness (QED) is 0.110. The molecular weight excluding hydrogens is 593 g/mol. The average Bonchev–Trinajstić information content (AvgIpc) is 3.41. The largest absolute Gasteiger partial charge is 0.345 e. The summed E-state index contributed by atoms with van der Waals surface area (Å²) >= 11 is 0. The maximum absolute atomic E-state index is 2.52. The molecular formula is C47H58N2. The van der Waals surface area contributed by atoms with Crippen LogP contribution in [0.25, 0.3) is 11.1 Å². The first-order valence-electron chi connectivity index (χ1n) is 18.8. The van der Waals surface area contributed by atoms with Crippen molar-refractivity contribution in [2.24, 2.45) is 0 Å². The second kappa shape index (κ2) is 17.4. The van der Waals surface area contributed by atoms with Crippen LogP contribution in [0.1, 0.15) is 100 Å². The highest BCUT2D eigenvalue weighted by Gasteiger charge is 2.42. The molecule has 0 aliphatic heterocycles. The van der Waals surface area contributed by atoms with Crippen LogP contribution in [-0.4, -0.2) is 14.1 Å². The van der Waals surface area contributed by atoms with Gasteiger partial charge in [-0.1, -0.05) is 149 Å². The van der Waals surface area contributed by atoms with Gasteiger partial charge in [-0.05, 0) is 97.5 Å². The van der Waals surface area contributed by atoms with Crippen LogP contribution in [0.4, 0.5) is 22.7 Å². The first-order chi connectivity index (χ1) is 23.9. The summed E-state index contributed by atoms with van der Waals surface area (Å²) in [5.41, 5.74) is 13.8. The molecule has 6 rings (SSSR count). The summed E-state index contributed by atoms with van der Waals surface area (Å²) < 4.78 is 0. The molecule has 0 bridgehead atoms. The molecule has 49 heavy (non-hydrogen) atoms. The van der Waals surface area contributed by atoms with Crippen LogP contribution in [0.15, 0.2) is 121 Å². The van der Waals surface area contributed by atoms with E-state index in [9.17, 15) is 0 Å². The summed E-state index contributed by atoms with van der Waals surface area (Å²) in [5, 5.41) is 0. The lowest BCUT2D eigenvalue weighted by Gasteiger charge is -2.33. The van der Waals surface area contributed by atoms with Crippen molar-refractivity contribution in [2.45, 2.75) is 97.3 Å². The van der Waals surface area contributed by atoms with Gasteiger partial charge in [0.1, 0.15) is 0 Å². The minimum atomic E-state index is 0.150. The van der Waals surface area contributed by atoms with E-state index in [1.165, 1.54) is 109 Å². The smallest absolute Gasteiger partial charge is 0.0411 e. The first-order valence-corrected chi connectivity index (χ1v) is 18.8. The minimum Gasteiger partial charge on any atom is -0.345 e. The van der Waals surface area contributed by atoms with E-state index in [4.69, 9.17) is 0 Å².